The summed E-state index contributed by atoms with van der Waals surface area (Å²) >= 11 is 0. The first-order valence-electron chi connectivity index (χ1n) is 7.88. The minimum atomic E-state index is -0.792. The fourth-order valence-corrected chi connectivity index (χ4v) is 2.97. The Hall–Kier alpha value is -2.77. The van der Waals surface area contributed by atoms with Gasteiger partial charge < -0.3 is 10.0 Å². The van der Waals surface area contributed by atoms with Gasteiger partial charge in [0.2, 0.25) is 11.7 Å². The smallest absolute Gasteiger partial charge is 0.306 e. The quantitative estimate of drug-likeness (QED) is 0.894. The average Bonchev–Trinajstić information content (AvgIpc) is 3.03. The minimum Gasteiger partial charge on any atom is -0.481 e. The molecule has 0 aliphatic carbocycles. The summed E-state index contributed by atoms with van der Waals surface area (Å²) in [6.45, 7) is 2.75. The number of tetrazole rings is 1. The van der Waals surface area contributed by atoms with Crippen molar-refractivity contribution >= 4 is 11.9 Å². The topological polar surface area (TPSA) is 101 Å². The fourth-order valence-electron chi connectivity index (χ4n) is 2.97. The first kappa shape index (κ1) is 16.1. The number of hydrogen-bond donors (Lipinski definition) is 1. The Labute approximate surface area is 139 Å². The molecule has 1 aliphatic heterocycles. The standard InChI is InChI=1S/C16H19N5O3/c1-11-9-20(8-7-13(11)16(23)24)14(22)10-21-18-15(17-19-21)12-5-3-2-4-6-12/h2-6,11,13H,7-10H2,1H3,(H,23,24). The fraction of sp³-hybridized carbons (Fsp3) is 0.438. The van der Waals surface area contributed by atoms with Crippen molar-refractivity contribution in [1.82, 2.24) is 25.1 Å². The van der Waals surface area contributed by atoms with Crippen LogP contribution in [0.5, 0.6) is 0 Å². The summed E-state index contributed by atoms with van der Waals surface area (Å²) in [4.78, 5) is 26.5. The number of aliphatic carboxylic acids is 1. The molecular weight excluding hydrogens is 310 g/mol. The molecule has 1 fully saturated rings. The molecule has 1 N–H and O–H groups in total. The molecule has 8 nitrogen and oxygen atoms in total. The van der Waals surface area contributed by atoms with Crippen LogP contribution < -0.4 is 0 Å². The molecule has 2 aromatic rings. The molecule has 1 aliphatic rings. The maximum Gasteiger partial charge on any atom is 0.306 e. The number of benzene rings is 1. The van der Waals surface area contributed by atoms with E-state index >= 15 is 0 Å². The van der Waals surface area contributed by atoms with Crippen LogP contribution in [0.4, 0.5) is 0 Å². The van der Waals surface area contributed by atoms with E-state index in [1.807, 2.05) is 37.3 Å². The van der Waals surface area contributed by atoms with Crippen molar-refractivity contribution in [3.05, 3.63) is 30.3 Å². The van der Waals surface area contributed by atoms with Gasteiger partial charge in [0.1, 0.15) is 6.54 Å². The molecular formula is C16H19N5O3. The van der Waals surface area contributed by atoms with E-state index in [0.29, 0.717) is 25.3 Å². The third kappa shape index (κ3) is 3.42. The Balaban J connectivity index is 1.62. The van der Waals surface area contributed by atoms with Gasteiger partial charge in [-0.2, -0.15) is 4.80 Å². The summed E-state index contributed by atoms with van der Waals surface area (Å²) in [5.41, 5.74) is 0.840. The molecule has 2 heterocycles. The van der Waals surface area contributed by atoms with Gasteiger partial charge in [-0.1, -0.05) is 37.3 Å². The second kappa shape index (κ2) is 6.77. The lowest BCUT2D eigenvalue weighted by atomic mass is 9.87. The van der Waals surface area contributed by atoms with Crippen molar-refractivity contribution in [3.8, 4) is 11.4 Å². The number of piperidine rings is 1. The third-order valence-electron chi connectivity index (χ3n) is 4.34. The number of likely N-dealkylation sites (tertiary alicyclic amines) is 1. The molecule has 0 spiro atoms. The number of carboxylic acid groups (broad SMARTS) is 1. The van der Waals surface area contributed by atoms with Crippen LogP contribution in [-0.4, -0.2) is 55.2 Å². The van der Waals surface area contributed by atoms with E-state index in [1.54, 1.807) is 4.90 Å². The molecule has 126 valence electrons. The number of carbonyl (C=O) groups is 2. The highest BCUT2D eigenvalue weighted by molar-refractivity contribution is 5.77. The molecule has 0 bridgehead atoms. The zero-order chi connectivity index (χ0) is 17.1. The highest BCUT2D eigenvalue weighted by Crippen LogP contribution is 2.23. The lowest BCUT2D eigenvalue weighted by Crippen LogP contribution is -2.46. The second-order valence-corrected chi connectivity index (χ2v) is 6.06. The van der Waals surface area contributed by atoms with Crippen molar-refractivity contribution < 1.29 is 14.7 Å². The van der Waals surface area contributed by atoms with Gasteiger partial charge in [-0.3, -0.25) is 9.59 Å². The molecule has 24 heavy (non-hydrogen) atoms. The van der Waals surface area contributed by atoms with E-state index in [4.69, 9.17) is 5.11 Å². The Bertz CT molecular complexity index is 730. The molecule has 0 saturated carbocycles. The lowest BCUT2D eigenvalue weighted by Gasteiger charge is -2.34. The van der Waals surface area contributed by atoms with E-state index in [9.17, 15) is 9.59 Å². The SMILES string of the molecule is CC1CN(C(=O)Cn2nnc(-c3ccccc3)n2)CCC1C(=O)O. The van der Waals surface area contributed by atoms with Crippen LogP contribution >= 0.6 is 0 Å². The second-order valence-electron chi connectivity index (χ2n) is 6.06. The summed E-state index contributed by atoms with van der Waals surface area (Å²) < 4.78 is 0. The Morgan fingerprint density at radius 3 is 2.71 bits per heavy atom. The zero-order valence-corrected chi connectivity index (χ0v) is 13.4. The van der Waals surface area contributed by atoms with E-state index in [2.05, 4.69) is 15.4 Å². The molecule has 3 rings (SSSR count). The molecule has 2 atom stereocenters. The average molecular weight is 329 g/mol. The monoisotopic (exact) mass is 329 g/mol. The van der Waals surface area contributed by atoms with Gasteiger partial charge in [-0.25, -0.2) is 0 Å². The normalized spacial score (nSPS) is 20.8. The van der Waals surface area contributed by atoms with Crippen LogP contribution in [0.2, 0.25) is 0 Å². The van der Waals surface area contributed by atoms with Gasteiger partial charge in [-0.15, -0.1) is 10.2 Å². The van der Waals surface area contributed by atoms with Gasteiger partial charge in [-0.05, 0) is 17.6 Å². The van der Waals surface area contributed by atoms with Crippen LogP contribution in [0.1, 0.15) is 13.3 Å². The predicted octanol–water partition coefficient (Wildman–Crippen LogP) is 0.909. The maximum absolute atomic E-state index is 12.4. The Morgan fingerprint density at radius 1 is 1.29 bits per heavy atom. The molecule has 8 heteroatoms. The highest BCUT2D eigenvalue weighted by atomic mass is 16.4. The summed E-state index contributed by atoms with van der Waals surface area (Å²) in [5, 5.41) is 21.3. The predicted molar refractivity (Wildman–Crippen MR) is 84.7 cm³/mol. The van der Waals surface area contributed by atoms with Gasteiger partial charge in [0.05, 0.1) is 5.92 Å². The molecule has 1 amide bonds. The molecule has 1 saturated heterocycles. The van der Waals surface area contributed by atoms with Crippen molar-refractivity contribution in [2.75, 3.05) is 13.1 Å². The highest BCUT2D eigenvalue weighted by Gasteiger charge is 2.33. The van der Waals surface area contributed by atoms with E-state index in [1.165, 1.54) is 4.80 Å². The van der Waals surface area contributed by atoms with Crippen LogP contribution in [0.25, 0.3) is 11.4 Å². The van der Waals surface area contributed by atoms with Gasteiger partial charge in [0.15, 0.2) is 0 Å². The van der Waals surface area contributed by atoms with E-state index < -0.39 is 5.97 Å². The summed E-state index contributed by atoms with van der Waals surface area (Å²) in [6.07, 6.45) is 0.474. The van der Waals surface area contributed by atoms with Crippen molar-refractivity contribution in [3.63, 3.8) is 0 Å². The number of amides is 1. The molecule has 2 unspecified atom stereocenters. The zero-order valence-electron chi connectivity index (χ0n) is 13.4. The van der Waals surface area contributed by atoms with Crippen molar-refractivity contribution in [2.24, 2.45) is 11.8 Å². The van der Waals surface area contributed by atoms with Crippen LogP contribution in [0.15, 0.2) is 30.3 Å². The number of aromatic nitrogens is 4. The van der Waals surface area contributed by atoms with E-state index in [0.717, 1.165) is 5.56 Å². The summed E-state index contributed by atoms with van der Waals surface area (Å²) in [7, 11) is 0. The summed E-state index contributed by atoms with van der Waals surface area (Å²) in [6, 6.07) is 9.42. The Morgan fingerprint density at radius 2 is 2.04 bits per heavy atom. The minimum absolute atomic E-state index is 0.00426. The molecule has 1 aromatic carbocycles. The van der Waals surface area contributed by atoms with Gasteiger partial charge >= 0.3 is 5.97 Å². The van der Waals surface area contributed by atoms with Gasteiger partial charge in [0.25, 0.3) is 0 Å². The van der Waals surface area contributed by atoms with E-state index in [-0.39, 0.29) is 24.3 Å². The molecule has 1 aromatic heterocycles. The third-order valence-corrected chi connectivity index (χ3v) is 4.34. The van der Waals surface area contributed by atoms with Gasteiger partial charge in [0, 0.05) is 18.7 Å². The van der Waals surface area contributed by atoms with Crippen molar-refractivity contribution in [2.45, 2.75) is 19.9 Å². The molecule has 0 radical (unpaired) electrons. The van der Waals surface area contributed by atoms with Crippen LogP contribution in [0, 0.1) is 11.8 Å². The lowest BCUT2D eigenvalue weighted by molar-refractivity contribution is -0.148. The first-order valence-corrected chi connectivity index (χ1v) is 7.88. The number of nitrogens with zero attached hydrogens (tertiary/aromatic N) is 5. The number of rotatable bonds is 4. The number of carboxylic acids is 1. The van der Waals surface area contributed by atoms with Crippen LogP contribution in [0.3, 0.4) is 0 Å². The number of hydrogen-bond acceptors (Lipinski definition) is 5. The van der Waals surface area contributed by atoms with Crippen molar-refractivity contribution in [1.29, 1.82) is 0 Å². The number of carbonyl (C=O) groups excluding carboxylic acids is 1. The summed E-state index contributed by atoms with van der Waals surface area (Å²) in [5.74, 6) is -0.892. The maximum atomic E-state index is 12.4. The Kier molecular flexibility index (Phi) is 4.54. The first-order chi connectivity index (χ1) is 11.5. The van der Waals surface area contributed by atoms with Crippen LogP contribution in [-0.2, 0) is 16.1 Å². The largest absolute Gasteiger partial charge is 0.481 e.